The molecule has 96 valence electrons. The molecule has 0 spiro atoms. The molecule has 0 aromatic heterocycles. The summed E-state index contributed by atoms with van der Waals surface area (Å²) in [7, 11) is 0. The van der Waals surface area contributed by atoms with Crippen LogP contribution in [0.15, 0.2) is 18.2 Å². The van der Waals surface area contributed by atoms with E-state index in [-0.39, 0.29) is 5.69 Å². The van der Waals surface area contributed by atoms with E-state index in [2.05, 4.69) is 15.9 Å². The summed E-state index contributed by atoms with van der Waals surface area (Å²) >= 11 is 3.17. The first kappa shape index (κ1) is 14.4. The molecule has 1 aromatic carbocycles. The molecule has 0 aliphatic rings. The third kappa shape index (κ3) is 3.37. The monoisotopic (exact) mass is 309 g/mol. The van der Waals surface area contributed by atoms with Crippen molar-refractivity contribution in [2.45, 2.75) is 25.4 Å². The molecule has 0 saturated carbocycles. The molecule has 0 unspecified atom stereocenters. The molecule has 0 radical (unpaired) electrons. The van der Waals surface area contributed by atoms with E-state index in [1.54, 1.807) is 17.0 Å². The van der Waals surface area contributed by atoms with Gasteiger partial charge in [0.25, 0.3) is 0 Å². The summed E-state index contributed by atoms with van der Waals surface area (Å²) in [4.78, 5) is 1.71. The number of alkyl halides is 4. The third-order valence-corrected chi connectivity index (χ3v) is 3.27. The highest BCUT2D eigenvalue weighted by Gasteiger charge is 2.34. The highest BCUT2D eigenvalue weighted by molar-refractivity contribution is 9.08. The van der Waals surface area contributed by atoms with Crippen molar-refractivity contribution < 1.29 is 13.2 Å². The molecule has 1 aromatic rings. The van der Waals surface area contributed by atoms with Gasteiger partial charge in [0.15, 0.2) is 0 Å². The zero-order valence-electron chi connectivity index (χ0n) is 9.81. The summed E-state index contributed by atoms with van der Waals surface area (Å²) in [5, 5.41) is 0.425. The van der Waals surface area contributed by atoms with Gasteiger partial charge in [-0.25, -0.2) is 0 Å². The molecule has 0 aliphatic heterocycles. The van der Waals surface area contributed by atoms with Crippen LogP contribution in [0.4, 0.5) is 18.9 Å². The fourth-order valence-electron chi connectivity index (χ4n) is 1.73. The SMILES string of the molecule is CCN(CC)c1ccc(CBr)cc1C(F)(F)F. The minimum atomic E-state index is -4.31. The van der Waals surface area contributed by atoms with Crippen LogP contribution in [-0.2, 0) is 11.5 Å². The highest BCUT2D eigenvalue weighted by atomic mass is 79.9. The van der Waals surface area contributed by atoms with Gasteiger partial charge in [-0.05, 0) is 31.5 Å². The summed E-state index contributed by atoms with van der Waals surface area (Å²) in [6.45, 7) is 4.82. The summed E-state index contributed by atoms with van der Waals surface area (Å²) in [5.74, 6) is 0. The number of rotatable bonds is 4. The predicted molar refractivity (Wildman–Crippen MR) is 67.6 cm³/mol. The molecule has 0 fully saturated rings. The van der Waals surface area contributed by atoms with Crippen molar-refractivity contribution in [3.8, 4) is 0 Å². The fourth-order valence-corrected chi connectivity index (χ4v) is 2.08. The zero-order valence-corrected chi connectivity index (χ0v) is 11.4. The van der Waals surface area contributed by atoms with E-state index in [0.717, 1.165) is 0 Å². The van der Waals surface area contributed by atoms with Crippen LogP contribution in [-0.4, -0.2) is 13.1 Å². The van der Waals surface area contributed by atoms with Crippen molar-refractivity contribution >= 4 is 21.6 Å². The molecular formula is C12H15BrF3N. The van der Waals surface area contributed by atoms with E-state index in [1.165, 1.54) is 6.07 Å². The Morgan fingerprint density at radius 3 is 2.18 bits per heavy atom. The molecule has 0 atom stereocenters. The van der Waals surface area contributed by atoms with E-state index in [0.29, 0.717) is 24.0 Å². The maximum Gasteiger partial charge on any atom is 0.418 e. The molecule has 0 saturated heterocycles. The summed E-state index contributed by atoms with van der Waals surface area (Å²) in [6, 6.07) is 4.48. The van der Waals surface area contributed by atoms with Crippen molar-refractivity contribution in [1.29, 1.82) is 0 Å². The molecule has 0 bridgehead atoms. The number of nitrogens with zero attached hydrogens (tertiary/aromatic N) is 1. The number of hydrogen-bond acceptors (Lipinski definition) is 1. The van der Waals surface area contributed by atoms with Crippen LogP contribution in [0, 0.1) is 0 Å². The number of halogens is 4. The van der Waals surface area contributed by atoms with Crippen molar-refractivity contribution in [3.05, 3.63) is 29.3 Å². The van der Waals surface area contributed by atoms with Gasteiger partial charge in [0, 0.05) is 24.1 Å². The lowest BCUT2D eigenvalue weighted by molar-refractivity contribution is -0.137. The third-order valence-electron chi connectivity index (χ3n) is 2.62. The van der Waals surface area contributed by atoms with Crippen molar-refractivity contribution in [2.75, 3.05) is 18.0 Å². The topological polar surface area (TPSA) is 3.24 Å². The standard InChI is InChI=1S/C12H15BrF3N/c1-3-17(4-2)11-6-5-9(8-13)7-10(11)12(14,15)16/h5-7H,3-4,8H2,1-2H3. The Labute approximate surface area is 108 Å². The van der Waals surface area contributed by atoms with Gasteiger partial charge in [-0.15, -0.1) is 0 Å². The second-order valence-corrected chi connectivity index (χ2v) is 4.22. The summed E-state index contributed by atoms with van der Waals surface area (Å²) < 4.78 is 38.9. The maximum absolute atomic E-state index is 13.0. The lowest BCUT2D eigenvalue weighted by atomic mass is 10.1. The zero-order chi connectivity index (χ0) is 13.1. The maximum atomic E-state index is 13.0. The highest BCUT2D eigenvalue weighted by Crippen LogP contribution is 2.37. The quantitative estimate of drug-likeness (QED) is 0.743. The van der Waals surface area contributed by atoms with Crippen LogP contribution in [0.25, 0.3) is 0 Å². The van der Waals surface area contributed by atoms with Crippen LogP contribution in [0.2, 0.25) is 0 Å². The number of benzene rings is 1. The number of hydrogen-bond donors (Lipinski definition) is 0. The second-order valence-electron chi connectivity index (χ2n) is 3.66. The average molecular weight is 310 g/mol. The van der Waals surface area contributed by atoms with Gasteiger partial charge < -0.3 is 4.90 Å². The predicted octanol–water partition coefficient (Wildman–Crippen LogP) is 4.45. The molecule has 5 heteroatoms. The van der Waals surface area contributed by atoms with Gasteiger partial charge in [-0.2, -0.15) is 13.2 Å². The molecule has 0 amide bonds. The van der Waals surface area contributed by atoms with Gasteiger partial charge in [-0.3, -0.25) is 0 Å². The molecular weight excluding hydrogens is 295 g/mol. The first-order chi connectivity index (χ1) is 7.93. The summed E-state index contributed by atoms with van der Waals surface area (Å²) in [6.07, 6.45) is -4.31. The molecule has 1 rings (SSSR count). The first-order valence-corrected chi connectivity index (χ1v) is 6.57. The molecule has 17 heavy (non-hydrogen) atoms. The van der Waals surface area contributed by atoms with Gasteiger partial charge in [0.2, 0.25) is 0 Å². The van der Waals surface area contributed by atoms with Gasteiger partial charge >= 0.3 is 6.18 Å². The summed E-state index contributed by atoms with van der Waals surface area (Å²) in [5.41, 5.74) is 0.332. The van der Waals surface area contributed by atoms with Crippen molar-refractivity contribution in [1.82, 2.24) is 0 Å². The van der Waals surface area contributed by atoms with Crippen LogP contribution < -0.4 is 4.90 Å². The smallest absolute Gasteiger partial charge is 0.372 e. The Hall–Kier alpha value is -0.710. The Bertz CT molecular complexity index is 373. The van der Waals surface area contributed by atoms with Crippen molar-refractivity contribution in [2.24, 2.45) is 0 Å². The average Bonchev–Trinajstić information content (AvgIpc) is 2.29. The van der Waals surface area contributed by atoms with E-state index < -0.39 is 11.7 Å². The van der Waals surface area contributed by atoms with E-state index in [9.17, 15) is 13.2 Å². The van der Waals surface area contributed by atoms with Gasteiger partial charge in [0.05, 0.1) is 5.56 Å². The second kappa shape index (κ2) is 5.76. The normalized spacial score (nSPS) is 11.6. The van der Waals surface area contributed by atoms with E-state index in [1.807, 2.05) is 13.8 Å². The number of anilines is 1. The van der Waals surface area contributed by atoms with Crippen LogP contribution >= 0.6 is 15.9 Å². The van der Waals surface area contributed by atoms with Gasteiger partial charge in [0.1, 0.15) is 0 Å². The Balaban J connectivity index is 3.29. The van der Waals surface area contributed by atoms with E-state index >= 15 is 0 Å². The van der Waals surface area contributed by atoms with Gasteiger partial charge in [-0.1, -0.05) is 22.0 Å². The molecule has 0 aliphatic carbocycles. The van der Waals surface area contributed by atoms with Crippen LogP contribution in [0.3, 0.4) is 0 Å². The Morgan fingerprint density at radius 2 is 1.76 bits per heavy atom. The Kier molecular flexibility index (Phi) is 4.86. The van der Waals surface area contributed by atoms with Crippen LogP contribution in [0.1, 0.15) is 25.0 Å². The first-order valence-electron chi connectivity index (χ1n) is 5.45. The van der Waals surface area contributed by atoms with E-state index in [4.69, 9.17) is 0 Å². The minimum absolute atomic E-state index is 0.257. The largest absolute Gasteiger partial charge is 0.418 e. The molecule has 1 nitrogen and oxygen atoms in total. The van der Waals surface area contributed by atoms with Crippen LogP contribution in [0.5, 0.6) is 0 Å². The Morgan fingerprint density at radius 1 is 1.18 bits per heavy atom. The molecule has 0 N–H and O–H groups in total. The molecule has 0 heterocycles. The lowest BCUT2D eigenvalue weighted by Crippen LogP contribution is -2.25. The lowest BCUT2D eigenvalue weighted by Gasteiger charge is -2.25. The minimum Gasteiger partial charge on any atom is -0.372 e. The fraction of sp³-hybridized carbons (Fsp3) is 0.500. The van der Waals surface area contributed by atoms with Crippen molar-refractivity contribution in [3.63, 3.8) is 0 Å².